The lowest BCUT2D eigenvalue weighted by Gasteiger charge is -2.46. The molecule has 0 N–H and O–H groups in total. The van der Waals surface area contributed by atoms with Gasteiger partial charge in [-0.25, -0.2) is 0 Å². The van der Waals surface area contributed by atoms with Gasteiger partial charge in [-0.1, -0.05) is 151 Å². The predicted octanol–water partition coefficient (Wildman–Crippen LogP) is 15.0. The average molecular weight is 835 g/mol. The fourth-order valence-electron chi connectivity index (χ4n) is 11.3. The zero-order valence-corrected chi connectivity index (χ0v) is 40.6. The van der Waals surface area contributed by atoms with Crippen molar-refractivity contribution in [2.24, 2.45) is 5.92 Å². The normalized spacial score (nSPS) is 19.7. The smallest absolute Gasteiger partial charge is 0.264 e. The van der Waals surface area contributed by atoms with Gasteiger partial charge in [0.2, 0.25) is 0 Å². The first-order chi connectivity index (χ1) is 29.1. The van der Waals surface area contributed by atoms with Crippen molar-refractivity contribution >= 4 is 78.0 Å². The molecule has 2 nitrogen and oxygen atoms in total. The number of rotatable bonds is 4. The van der Waals surface area contributed by atoms with E-state index in [-0.39, 0.29) is 33.8 Å². The van der Waals surface area contributed by atoms with Crippen LogP contribution >= 0.6 is 11.3 Å². The minimum Gasteiger partial charge on any atom is -0.311 e. The maximum Gasteiger partial charge on any atom is 0.264 e. The Morgan fingerprint density at radius 3 is 1.73 bits per heavy atom. The average Bonchev–Trinajstić information content (AvgIpc) is 3.75. The van der Waals surface area contributed by atoms with Gasteiger partial charge in [0.05, 0.1) is 5.69 Å². The molecule has 4 aliphatic rings. The fourth-order valence-corrected chi connectivity index (χ4v) is 12.6. The third kappa shape index (κ3) is 6.64. The van der Waals surface area contributed by atoms with Gasteiger partial charge in [-0.3, -0.25) is 0 Å². The Balaban J connectivity index is 1.33. The molecule has 1 saturated carbocycles. The summed E-state index contributed by atoms with van der Waals surface area (Å²) < 4.78 is 2.81. The van der Waals surface area contributed by atoms with Crippen LogP contribution in [-0.2, 0) is 27.1 Å². The highest BCUT2D eigenvalue weighted by molar-refractivity contribution is 7.33. The number of hydrogen-bond acceptors (Lipinski definition) is 3. The largest absolute Gasteiger partial charge is 0.311 e. The number of allylic oxidation sites excluding steroid dienone is 2. The summed E-state index contributed by atoms with van der Waals surface area (Å²) in [5, 5.41) is 1.37. The van der Waals surface area contributed by atoms with Gasteiger partial charge in [-0.15, -0.1) is 11.3 Å². The van der Waals surface area contributed by atoms with Gasteiger partial charge < -0.3 is 9.80 Å². The van der Waals surface area contributed by atoms with Crippen LogP contribution in [-0.4, -0.2) is 6.71 Å². The summed E-state index contributed by atoms with van der Waals surface area (Å²) in [5.41, 5.74) is 19.6. The third-order valence-electron chi connectivity index (χ3n) is 15.1. The maximum absolute atomic E-state index is 2.71. The first kappa shape index (κ1) is 41.5. The monoisotopic (exact) mass is 835 g/mol. The molecular weight excluding hydrogens is 768 g/mol. The van der Waals surface area contributed by atoms with Crippen molar-refractivity contribution in [3.05, 3.63) is 137 Å². The van der Waals surface area contributed by atoms with Crippen molar-refractivity contribution in [2.75, 3.05) is 9.80 Å². The number of hydrogen-bond donors (Lipinski definition) is 0. The van der Waals surface area contributed by atoms with Crippen LogP contribution in [0.5, 0.6) is 0 Å². The van der Waals surface area contributed by atoms with Crippen LogP contribution in [0.15, 0.2) is 109 Å². The lowest BCUT2D eigenvalue weighted by atomic mass is 9.36. The van der Waals surface area contributed by atoms with Crippen molar-refractivity contribution in [3.8, 4) is 0 Å². The highest BCUT2D eigenvalue weighted by Gasteiger charge is 2.49. The van der Waals surface area contributed by atoms with E-state index in [0.717, 1.165) is 12.3 Å². The van der Waals surface area contributed by atoms with Gasteiger partial charge in [0.25, 0.3) is 6.71 Å². The Bertz CT molecular complexity index is 2780. The van der Waals surface area contributed by atoms with E-state index in [1.54, 1.807) is 5.57 Å². The summed E-state index contributed by atoms with van der Waals surface area (Å²) in [4.78, 5) is 5.38. The van der Waals surface area contributed by atoms with Crippen molar-refractivity contribution < 1.29 is 0 Å². The first-order valence-corrected chi connectivity index (χ1v) is 24.4. The van der Waals surface area contributed by atoms with E-state index in [1.807, 2.05) is 11.3 Å². The molecule has 3 heterocycles. The minimum atomic E-state index is 0.000925. The Kier molecular flexibility index (Phi) is 9.35. The van der Waals surface area contributed by atoms with E-state index in [4.69, 9.17) is 0 Å². The molecule has 10 rings (SSSR count). The standard InChI is InChI=1S/C58H67BN2S/c1-14-36-29-37-27-28-58(34-36,35-37)42-32-48-51-49(33-42)61(44-23-17-39(18-24-44)55(5,6)7)52-45-30-40(56(8,9)10)20-26-50(45)62-53(52)59(51)46-25-19-41(57(11,12)13)31-47(46)60(48)43-21-15-38(16-22-43)54(2,3)4/h15-27,30-33,36H,14,28-29,34-35H2,1-13H3. The van der Waals surface area contributed by atoms with Crippen molar-refractivity contribution in [1.82, 2.24) is 0 Å². The zero-order valence-electron chi connectivity index (χ0n) is 39.8. The molecule has 1 aromatic heterocycles. The highest BCUT2D eigenvalue weighted by atomic mass is 32.1. The second-order valence-corrected chi connectivity index (χ2v) is 24.7. The molecule has 0 radical (unpaired) electrons. The summed E-state index contributed by atoms with van der Waals surface area (Å²) in [7, 11) is 0. The Morgan fingerprint density at radius 1 is 0.613 bits per heavy atom. The van der Waals surface area contributed by atoms with E-state index in [0.29, 0.717) is 0 Å². The molecule has 2 atom stereocenters. The van der Waals surface area contributed by atoms with Crippen LogP contribution in [0.2, 0.25) is 0 Å². The molecule has 1 fully saturated rings. The first-order valence-electron chi connectivity index (χ1n) is 23.5. The number of fused-ring (bicyclic) bond motifs is 8. The van der Waals surface area contributed by atoms with Crippen LogP contribution in [0.1, 0.15) is 150 Å². The molecule has 4 heteroatoms. The Labute approximate surface area is 377 Å². The lowest BCUT2D eigenvalue weighted by molar-refractivity contribution is 0.283. The molecule has 2 aliphatic carbocycles. The highest BCUT2D eigenvalue weighted by Crippen LogP contribution is 2.56. The molecule has 318 valence electrons. The fraction of sp³-hybridized carbons (Fsp3) is 0.414. The van der Waals surface area contributed by atoms with Crippen LogP contribution in [0.4, 0.5) is 34.1 Å². The molecule has 2 bridgehead atoms. The van der Waals surface area contributed by atoms with Gasteiger partial charge in [-0.2, -0.15) is 0 Å². The van der Waals surface area contributed by atoms with Crippen molar-refractivity contribution in [3.63, 3.8) is 0 Å². The summed E-state index contributed by atoms with van der Waals surface area (Å²) in [5.74, 6) is 0.720. The molecule has 2 aliphatic heterocycles. The topological polar surface area (TPSA) is 6.48 Å². The Morgan fingerprint density at radius 2 is 1.15 bits per heavy atom. The van der Waals surface area contributed by atoms with Crippen LogP contribution in [0.3, 0.4) is 0 Å². The zero-order chi connectivity index (χ0) is 43.9. The second-order valence-electron chi connectivity index (χ2n) is 23.6. The molecule has 2 unspecified atom stereocenters. The molecule has 6 aromatic rings. The molecule has 0 saturated heterocycles. The van der Waals surface area contributed by atoms with Gasteiger partial charge in [0.1, 0.15) is 0 Å². The summed E-state index contributed by atoms with van der Waals surface area (Å²) in [6.45, 7) is 30.6. The van der Waals surface area contributed by atoms with E-state index in [9.17, 15) is 0 Å². The van der Waals surface area contributed by atoms with Crippen molar-refractivity contribution in [2.45, 2.75) is 149 Å². The number of anilines is 6. The van der Waals surface area contributed by atoms with Crippen LogP contribution in [0, 0.1) is 5.92 Å². The van der Waals surface area contributed by atoms with Crippen LogP contribution < -0.4 is 25.5 Å². The SMILES string of the molecule is CCC1CC2=CCC(c3cc4c5c(c3)N(c3ccc(C(C)(C)C)cc3)c3c(sc6ccc(C(C)(C)C)cc36)B5c3ccc(C(C)(C)C)cc3N4c3ccc(C(C)(C)C)cc3)(C2)C1. The van der Waals surface area contributed by atoms with E-state index < -0.39 is 0 Å². The quantitative estimate of drug-likeness (QED) is 0.129. The molecule has 0 amide bonds. The second kappa shape index (κ2) is 14.0. The molecule has 0 spiro atoms. The van der Waals surface area contributed by atoms with Gasteiger partial charge in [0.15, 0.2) is 0 Å². The minimum absolute atomic E-state index is 0.000925. The van der Waals surface area contributed by atoms with E-state index in [2.05, 4.69) is 203 Å². The van der Waals surface area contributed by atoms with Gasteiger partial charge in [-0.05, 0) is 147 Å². The summed E-state index contributed by atoms with van der Waals surface area (Å²) in [6, 6.07) is 39.3. The molecule has 62 heavy (non-hydrogen) atoms. The van der Waals surface area contributed by atoms with Crippen LogP contribution in [0.25, 0.3) is 10.1 Å². The number of thiophene rings is 1. The molecular formula is C58H67BN2S. The Hall–Kier alpha value is -4.54. The van der Waals surface area contributed by atoms with E-state index in [1.165, 1.54) is 113 Å². The molecule has 5 aromatic carbocycles. The third-order valence-corrected chi connectivity index (χ3v) is 16.4. The maximum atomic E-state index is 2.71. The van der Waals surface area contributed by atoms with Gasteiger partial charge >= 0.3 is 0 Å². The lowest BCUT2D eigenvalue weighted by Crippen LogP contribution is -2.60. The summed E-state index contributed by atoms with van der Waals surface area (Å²) >= 11 is 2.02. The number of benzene rings is 5. The summed E-state index contributed by atoms with van der Waals surface area (Å²) in [6.07, 6.45) is 8.68. The van der Waals surface area contributed by atoms with Crippen molar-refractivity contribution in [1.29, 1.82) is 0 Å². The van der Waals surface area contributed by atoms with Gasteiger partial charge in [0, 0.05) is 48.7 Å². The van der Waals surface area contributed by atoms with E-state index >= 15 is 0 Å². The predicted molar refractivity (Wildman–Crippen MR) is 273 cm³/mol. The number of nitrogens with zero attached hydrogens (tertiary/aromatic N) is 2.